The van der Waals surface area contributed by atoms with E-state index in [1.54, 1.807) is 4.68 Å². The lowest BCUT2D eigenvalue weighted by Gasteiger charge is -2.22. The van der Waals surface area contributed by atoms with E-state index in [0.29, 0.717) is 6.54 Å². The zero-order valence-electron chi connectivity index (χ0n) is 14.1. The van der Waals surface area contributed by atoms with Crippen molar-refractivity contribution in [3.05, 3.63) is 11.9 Å². The minimum atomic E-state index is -0.723. The summed E-state index contributed by atoms with van der Waals surface area (Å²) in [6.07, 6.45) is 5.66. The maximum absolute atomic E-state index is 10.4. The Kier molecular flexibility index (Phi) is 5.01. The van der Waals surface area contributed by atoms with E-state index < -0.39 is 30.4 Å². The summed E-state index contributed by atoms with van der Waals surface area (Å²) in [5, 5.41) is 18.7. The summed E-state index contributed by atoms with van der Waals surface area (Å²) in [7, 11) is 0. The van der Waals surface area contributed by atoms with Crippen molar-refractivity contribution in [2.24, 2.45) is 0 Å². The maximum Gasteiger partial charge on any atom is 0.190 e. The Morgan fingerprint density at radius 2 is 2.09 bits per heavy atom. The first kappa shape index (κ1) is 16.8. The van der Waals surface area contributed by atoms with Gasteiger partial charge in [0, 0.05) is 6.20 Å². The molecule has 1 aromatic heterocycles. The lowest BCUT2D eigenvalue weighted by Crippen LogP contribution is -2.36. The molecule has 4 atom stereocenters. The van der Waals surface area contributed by atoms with Gasteiger partial charge in [0.25, 0.3) is 0 Å². The van der Waals surface area contributed by atoms with Crippen LogP contribution in [0, 0.1) is 0 Å². The topological polar surface area (TPSA) is 78.6 Å². The minimum absolute atomic E-state index is 0.393. The van der Waals surface area contributed by atoms with Crippen molar-refractivity contribution in [1.82, 2.24) is 15.0 Å². The maximum atomic E-state index is 10.4. The molecular formula is C16H27N3O4. The number of hydrogen-bond donors (Lipinski definition) is 1. The van der Waals surface area contributed by atoms with E-state index in [4.69, 9.17) is 14.2 Å². The fourth-order valence-corrected chi connectivity index (χ4v) is 3.17. The number of fused-ring (bicyclic) bond motifs is 1. The first-order valence-corrected chi connectivity index (χ1v) is 8.56. The normalized spacial score (nSPS) is 32.3. The lowest BCUT2D eigenvalue weighted by atomic mass is 10.1. The molecule has 2 fully saturated rings. The van der Waals surface area contributed by atoms with Crippen molar-refractivity contribution in [3.8, 4) is 0 Å². The van der Waals surface area contributed by atoms with Gasteiger partial charge in [-0.1, -0.05) is 31.4 Å². The predicted octanol–water partition coefficient (Wildman–Crippen LogP) is 1.64. The highest BCUT2D eigenvalue weighted by molar-refractivity contribution is 4.96. The van der Waals surface area contributed by atoms with Gasteiger partial charge in [-0.2, -0.15) is 0 Å². The van der Waals surface area contributed by atoms with Crippen LogP contribution in [0.15, 0.2) is 6.20 Å². The second-order valence-corrected chi connectivity index (χ2v) is 6.88. The Morgan fingerprint density at radius 1 is 1.26 bits per heavy atom. The van der Waals surface area contributed by atoms with Crippen molar-refractivity contribution in [1.29, 1.82) is 0 Å². The molecule has 2 aliphatic rings. The molecule has 3 rings (SSSR count). The molecule has 0 bridgehead atoms. The Hall–Kier alpha value is -1.02. The first-order valence-electron chi connectivity index (χ1n) is 8.56. The average molecular weight is 325 g/mol. The van der Waals surface area contributed by atoms with E-state index in [1.165, 1.54) is 19.3 Å². The number of nitrogens with zero attached hydrogens (tertiary/aromatic N) is 3. The first-order chi connectivity index (χ1) is 11.0. The molecule has 3 heterocycles. The van der Waals surface area contributed by atoms with Crippen LogP contribution in [0.2, 0.25) is 0 Å². The Bertz CT molecular complexity index is 519. The Balaban J connectivity index is 1.50. The molecular weight excluding hydrogens is 298 g/mol. The van der Waals surface area contributed by atoms with Crippen LogP contribution in [-0.2, 0) is 27.2 Å². The third-order valence-corrected chi connectivity index (χ3v) is 4.35. The molecule has 0 aliphatic carbocycles. The van der Waals surface area contributed by atoms with Gasteiger partial charge >= 0.3 is 0 Å². The monoisotopic (exact) mass is 325 g/mol. The van der Waals surface area contributed by atoms with E-state index in [1.807, 2.05) is 20.0 Å². The highest BCUT2D eigenvalue weighted by atomic mass is 16.8. The number of aryl methyl sites for hydroxylation is 1. The third kappa shape index (κ3) is 3.91. The quantitative estimate of drug-likeness (QED) is 0.768. The molecule has 0 unspecified atom stereocenters. The molecule has 0 saturated carbocycles. The number of rotatable bonds is 7. The van der Waals surface area contributed by atoms with Gasteiger partial charge in [-0.05, 0) is 26.7 Å². The molecule has 1 aromatic rings. The molecule has 0 amide bonds. The zero-order chi connectivity index (χ0) is 16.4. The van der Waals surface area contributed by atoms with Crippen LogP contribution in [0.5, 0.6) is 0 Å². The molecule has 1 N–H and O–H groups in total. The van der Waals surface area contributed by atoms with E-state index in [9.17, 15) is 5.11 Å². The fraction of sp³-hybridized carbons (Fsp3) is 0.875. The minimum Gasteiger partial charge on any atom is -0.387 e. The summed E-state index contributed by atoms with van der Waals surface area (Å²) in [5.41, 5.74) is 0.988. The van der Waals surface area contributed by atoms with Gasteiger partial charge in [0.05, 0.1) is 12.2 Å². The van der Waals surface area contributed by atoms with E-state index in [2.05, 4.69) is 17.2 Å². The summed E-state index contributed by atoms with van der Waals surface area (Å²) in [5.74, 6) is -0.708. The van der Waals surface area contributed by atoms with Crippen LogP contribution in [-0.4, -0.2) is 50.5 Å². The van der Waals surface area contributed by atoms with E-state index in [-0.39, 0.29) is 0 Å². The van der Waals surface area contributed by atoms with Crippen LogP contribution < -0.4 is 0 Å². The second-order valence-electron chi connectivity index (χ2n) is 6.88. The number of aliphatic hydroxyl groups is 1. The smallest absolute Gasteiger partial charge is 0.190 e. The number of aromatic nitrogens is 3. The zero-order valence-corrected chi connectivity index (χ0v) is 14.1. The van der Waals surface area contributed by atoms with Crippen molar-refractivity contribution in [3.63, 3.8) is 0 Å². The molecule has 2 aliphatic heterocycles. The number of aliphatic hydroxyl groups excluding tert-OH is 1. The molecule has 2 saturated heterocycles. The molecule has 0 radical (unpaired) electrons. The van der Waals surface area contributed by atoms with Crippen LogP contribution in [0.4, 0.5) is 0 Å². The highest BCUT2D eigenvalue weighted by Gasteiger charge is 2.54. The molecule has 130 valence electrons. The standard InChI is InChI=1S/C16H27N3O4/c1-4-5-6-7-8-11-9-19(18-17-11)10-12-13(20)14-15(21-12)23-16(2,3)22-14/h9,12-15,20H,4-8,10H2,1-3H3/t12-,13+,14-,15-/m1/s1. The largest absolute Gasteiger partial charge is 0.387 e. The number of ether oxygens (including phenoxy) is 3. The van der Waals surface area contributed by atoms with Crippen LogP contribution >= 0.6 is 0 Å². The summed E-state index contributed by atoms with van der Waals surface area (Å²) < 4.78 is 18.8. The van der Waals surface area contributed by atoms with Gasteiger partial charge in [-0.15, -0.1) is 5.10 Å². The summed E-state index contributed by atoms with van der Waals surface area (Å²) >= 11 is 0. The van der Waals surface area contributed by atoms with Crippen molar-refractivity contribution < 1.29 is 19.3 Å². The van der Waals surface area contributed by atoms with Gasteiger partial charge in [0.15, 0.2) is 12.1 Å². The molecule has 7 nitrogen and oxygen atoms in total. The van der Waals surface area contributed by atoms with Gasteiger partial charge in [0.2, 0.25) is 0 Å². The van der Waals surface area contributed by atoms with Gasteiger partial charge in [-0.25, -0.2) is 4.68 Å². The summed E-state index contributed by atoms with van der Waals surface area (Å²) in [6, 6.07) is 0. The van der Waals surface area contributed by atoms with Gasteiger partial charge in [0.1, 0.15) is 18.3 Å². The molecule has 7 heteroatoms. The fourth-order valence-electron chi connectivity index (χ4n) is 3.17. The Morgan fingerprint density at radius 3 is 2.83 bits per heavy atom. The van der Waals surface area contributed by atoms with Gasteiger partial charge < -0.3 is 19.3 Å². The SMILES string of the molecule is CCCCCCc1cn(C[C@H]2O[C@@H]3OC(C)(C)O[C@@H]3[C@H]2O)nn1. The predicted molar refractivity (Wildman–Crippen MR) is 82.6 cm³/mol. The van der Waals surface area contributed by atoms with Crippen LogP contribution in [0.25, 0.3) is 0 Å². The van der Waals surface area contributed by atoms with Crippen molar-refractivity contribution >= 4 is 0 Å². The molecule has 0 aromatic carbocycles. The van der Waals surface area contributed by atoms with Crippen LogP contribution in [0.3, 0.4) is 0 Å². The van der Waals surface area contributed by atoms with Crippen LogP contribution in [0.1, 0.15) is 52.1 Å². The Labute approximate surface area is 136 Å². The van der Waals surface area contributed by atoms with Crippen molar-refractivity contribution in [2.45, 2.75) is 89.8 Å². The third-order valence-electron chi connectivity index (χ3n) is 4.35. The number of hydrogen-bond acceptors (Lipinski definition) is 6. The lowest BCUT2D eigenvalue weighted by molar-refractivity contribution is -0.216. The van der Waals surface area contributed by atoms with E-state index >= 15 is 0 Å². The van der Waals surface area contributed by atoms with E-state index in [0.717, 1.165) is 18.5 Å². The average Bonchev–Trinajstić information content (AvgIpc) is 3.12. The number of unbranched alkanes of at least 4 members (excludes halogenated alkanes) is 3. The summed E-state index contributed by atoms with van der Waals surface area (Å²) in [6.45, 7) is 6.29. The summed E-state index contributed by atoms with van der Waals surface area (Å²) in [4.78, 5) is 0. The molecule has 23 heavy (non-hydrogen) atoms. The van der Waals surface area contributed by atoms with Crippen molar-refractivity contribution in [2.75, 3.05) is 0 Å². The van der Waals surface area contributed by atoms with Gasteiger partial charge in [-0.3, -0.25) is 0 Å². The molecule has 0 spiro atoms. The highest BCUT2D eigenvalue weighted by Crippen LogP contribution is 2.37. The second kappa shape index (κ2) is 6.84.